The van der Waals surface area contributed by atoms with Crippen LogP contribution in [0.4, 0.5) is 0 Å². The fourth-order valence-corrected chi connectivity index (χ4v) is 3.89. The van der Waals surface area contributed by atoms with Crippen molar-refractivity contribution in [3.8, 4) is 5.69 Å². The van der Waals surface area contributed by atoms with Crippen molar-refractivity contribution in [3.63, 3.8) is 0 Å². The van der Waals surface area contributed by atoms with Gasteiger partial charge in [0.1, 0.15) is 0 Å². The largest absolute Gasteiger partial charge is 0.352 e. The number of hydrogen-bond acceptors (Lipinski definition) is 5. The van der Waals surface area contributed by atoms with Crippen LogP contribution in [-0.4, -0.2) is 62.1 Å². The Hall–Kier alpha value is -3.72. The smallest absolute Gasteiger partial charge is 0.339 e. The zero-order chi connectivity index (χ0) is 23.5. The van der Waals surface area contributed by atoms with Crippen LogP contribution in [-0.2, 0) is 11.3 Å². The Balaban J connectivity index is 1.79. The van der Waals surface area contributed by atoms with Crippen LogP contribution in [0.5, 0.6) is 0 Å². The van der Waals surface area contributed by atoms with E-state index in [0.717, 1.165) is 9.25 Å². The molecule has 1 aromatic heterocycles. The highest BCUT2D eigenvalue weighted by Crippen LogP contribution is 2.15. The van der Waals surface area contributed by atoms with Crippen LogP contribution in [0.15, 0.2) is 64.2 Å². The van der Waals surface area contributed by atoms with Gasteiger partial charge in [-0.3, -0.25) is 19.0 Å². The molecule has 1 aliphatic rings. The van der Waals surface area contributed by atoms with Crippen molar-refractivity contribution in [2.75, 3.05) is 26.2 Å². The van der Waals surface area contributed by atoms with Gasteiger partial charge in [-0.2, -0.15) is 9.78 Å². The lowest BCUT2D eigenvalue weighted by Crippen LogP contribution is -2.52. The molecule has 0 bridgehead atoms. The van der Waals surface area contributed by atoms with Gasteiger partial charge in [-0.25, -0.2) is 4.79 Å². The van der Waals surface area contributed by atoms with Gasteiger partial charge in [-0.15, -0.1) is 0 Å². The summed E-state index contributed by atoms with van der Waals surface area (Å²) in [5.74, 6) is -0.652. The van der Waals surface area contributed by atoms with Gasteiger partial charge in [-0.05, 0) is 23.8 Å². The topological polar surface area (TPSA) is 97.5 Å². The van der Waals surface area contributed by atoms with Crippen LogP contribution >= 0.6 is 11.6 Å². The van der Waals surface area contributed by atoms with Crippen molar-refractivity contribution in [2.24, 2.45) is 0 Å². The molecule has 9 nitrogen and oxygen atoms in total. The Morgan fingerprint density at radius 1 is 0.909 bits per heavy atom. The lowest BCUT2D eigenvalue weighted by atomic mass is 10.2. The standard InChI is InChI=1S/C23H22ClN5O4/c1-16(30)26-11-13-27(14-12-26)21(31)20-22(32)28(15-17-7-5-6-10-19(17)24)23(33)29(25-20)18-8-3-2-4-9-18/h2-10H,11-15H2,1H3. The molecule has 4 rings (SSSR count). The first kappa shape index (κ1) is 22.5. The van der Waals surface area contributed by atoms with Gasteiger partial charge in [0.25, 0.3) is 11.5 Å². The average Bonchev–Trinajstić information content (AvgIpc) is 2.83. The normalized spacial score (nSPS) is 13.8. The van der Waals surface area contributed by atoms with Crippen molar-refractivity contribution in [2.45, 2.75) is 13.5 Å². The first-order valence-corrected chi connectivity index (χ1v) is 10.8. The number of carbonyl (C=O) groups is 2. The van der Waals surface area contributed by atoms with Crippen LogP contribution in [0, 0.1) is 0 Å². The quantitative estimate of drug-likeness (QED) is 0.577. The van der Waals surface area contributed by atoms with E-state index in [2.05, 4.69) is 5.10 Å². The highest BCUT2D eigenvalue weighted by atomic mass is 35.5. The molecule has 0 atom stereocenters. The molecule has 2 amide bonds. The highest BCUT2D eigenvalue weighted by molar-refractivity contribution is 6.31. The molecular formula is C23H22ClN5O4. The minimum absolute atomic E-state index is 0.0695. The monoisotopic (exact) mass is 467 g/mol. The summed E-state index contributed by atoms with van der Waals surface area (Å²) in [6.07, 6.45) is 0. The fraction of sp³-hybridized carbons (Fsp3) is 0.261. The number of piperazine rings is 1. The maximum atomic E-state index is 13.3. The van der Waals surface area contributed by atoms with E-state index in [-0.39, 0.29) is 31.2 Å². The Bertz CT molecular complexity index is 1310. The van der Waals surface area contributed by atoms with Crippen molar-refractivity contribution in [1.82, 2.24) is 24.1 Å². The molecule has 0 spiro atoms. The van der Waals surface area contributed by atoms with E-state index in [4.69, 9.17) is 11.6 Å². The molecule has 1 aliphatic heterocycles. The summed E-state index contributed by atoms with van der Waals surface area (Å²) >= 11 is 6.25. The molecule has 3 aromatic rings. The van der Waals surface area contributed by atoms with Crippen molar-refractivity contribution < 1.29 is 9.59 Å². The third-order valence-corrected chi connectivity index (χ3v) is 5.93. The summed E-state index contributed by atoms with van der Waals surface area (Å²) in [5, 5.41) is 4.57. The number of benzene rings is 2. The number of halogens is 1. The van der Waals surface area contributed by atoms with E-state index in [1.165, 1.54) is 11.8 Å². The van der Waals surface area contributed by atoms with Gasteiger partial charge in [0.05, 0.1) is 12.2 Å². The Labute approximate surface area is 194 Å². The van der Waals surface area contributed by atoms with Crippen LogP contribution in [0.2, 0.25) is 5.02 Å². The van der Waals surface area contributed by atoms with Crippen LogP contribution in [0.1, 0.15) is 23.0 Å². The second-order valence-corrected chi connectivity index (χ2v) is 8.07. The molecule has 33 heavy (non-hydrogen) atoms. The van der Waals surface area contributed by atoms with Crippen LogP contribution in [0.3, 0.4) is 0 Å². The van der Waals surface area contributed by atoms with Crippen LogP contribution < -0.4 is 11.2 Å². The lowest BCUT2D eigenvalue weighted by molar-refractivity contribution is -0.130. The maximum absolute atomic E-state index is 13.3. The number of nitrogens with zero attached hydrogens (tertiary/aromatic N) is 5. The summed E-state index contributed by atoms with van der Waals surface area (Å²) in [6.45, 7) is 2.65. The van der Waals surface area contributed by atoms with E-state index in [1.54, 1.807) is 59.5 Å². The molecule has 0 N–H and O–H groups in total. The van der Waals surface area contributed by atoms with Gasteiger partial charge in [0.15, 0.2) is 0 Å². The Kier molecular flexibility index (Phi) is 6.41. The molecule has 1 saturated heterocycles. The zero-order valence-corrected chi connectivity index (χ0v) is 18.7. The predicted molar refractivity (Wildman–Crippen MR) is 123 cm³/mol. The Morgan fingerprint density at radius 2 is 1.52 bits per heavy atom. The van der Waals surface area contributed by atoms with E-state index in [0.29, 0.717) is 29.4 Å². The molecule has 170 valence electrons. The first-order valence-electron chi connectivity index (χ1n) is 10.4. The average molecular weight is 468 g/mol. The van der Waals surface area contributed by atoms with Gasteiger partial charge >= 0.3 is 5.69 Å². The van der Waals surface area contributed by atoms with E-state index in [9.17, 15) is 19.2 Å². The Morgan fingerprint density at radius 3 is 2.15 bits per heavy atom. The third-order valence-electron chi connectivity index (χ3n) is 5.56. The zero-order valence-electron chi connectivity index (χ0n) is 18.0. The highest BCUT2D eigenvalue weighted by Gasteiger charge is 2.28. The number of carbonyl (C=O) groups excluding carboxylic acids is 2. The first-order chi connectivity index (χ1) is 15.9. The molecule has 0 unspecified atom stereocenters. The number of rotatable bonds is 4. The number of para-hydroxylation sites is 1. The summed E-state index contributed by atoms with van der Waals surface area (Å²) in [4.78, 5) is 54.5. The van der Waals surface area contributed by atoms with Gasteiger partial charge in [-0.1, -0.05) is 48.0 Å². The SMILES string of the molecule is CC(=O)N1CCN(C(=O)c2nn(-c3ccccc3)c(=O)n(Cc3ccccc3Cl)c2=O)CC1. The fourth-order valence-electron chi connectivity index (χ4n) is 3.70. The van der Waals surface area contributed by atoms with Crippen LogP contribution in [0.25, 0.3) is 5.69 Å². The number of amides is 2. The molecule has 0 aliphatic carbocycles. The number of aromatic nitrogens is 3. The summed E-state index contributed by atoms with van der Waals surface area (Å²) in [7, 11) is 0. The predicted octanol–water partition coefficient (Wildman–Crippen LogP) is 1.40. The summed E-state index contributed by atoms with van der Waals surface area (Å²) < 4.78 is 2.03. The molecule has 0 saturated carbocycles. The van der Waals surface area contributed by atoms with Crippen molar-refractivity contribution >= 4 is 23.4 Å². The maximum Gasteiger partial charge on any atom is 0.352 e. The van der Waals surface area contributed by atoms with E-state index in [1.807, 2.05) is 0 Å². The summed E-state index contributed by atoms with van der Waals surface area (Å²) in [6, 6.07) is 15.5. The molecule has 2 heterocycles. The minimum Gasteiger partial charge on any atom is -0.339 e. The molecule has 2 aromatic carbocycles. The molecule has 0 radical (unpaired) electrons. The van der Waals surface area contributed by atoms with Gasteiger partial charge in [0, 0.05) is 38.1 Å². The van der Waals surface area contributed by atoms with E-state index >= 15 is 0 Å². The second kappa shape index (κ2) is 9.41. The summed E-state index contributed by atoms with van der Waals surface area (Å²) in [5.41, 5.74) is -0.833. The van der Waals surface area contributed by atoms with Crippen molar-refractivity contribution in [3.05, 3.63) is 91.7 Å². The third kappa shape index (κ3) is 4.58. The number of hydrogen-bond donors (Lipinski definition) is 0. The van der Waals surface area contributed by atoms with Crippen molar-refractivity contribution in [1.29, 1.82) is 0 Å². The van der Waals surface area contributed by atoms with Gasteiger partial charge in [0.2, 0.25) is 11.6 Å². The van der Waals surface area contributed by atoms with E-state index < -0.39 is 17.2 Å². The molecular weight excluding hydrogens is 446 g/mol. The lowest BCUT2D eigenvalue weighted by Gasteiger charge is -2.33. The molecule has 10 heteroatoms. The molecule has 1 fully saturated rings. The minimum atomic E-state index is -0.786. The van der Waals surface area contributed by atoms with Gasteiger partial charge < -0.3 is 9.80 Å². The second-order valence-electron chi connectivity index (χ2n) is 7.66.